The van der Waals surface area contributed by atoms with Crippen molar-refractivity contribution in [1.29, 1.82) is 0 Å². The van der Waals surface area contributed by atoms with Crippen LogP contribution in [0.25, 0.3) is 11.4 Å². The van der Waals surface area contributed by atoms with Gasteiger partial charge in [-0.05, 0) is 60.9 Å². The van der Waals surface area contributed by atoms with Gasteiger partial charge in [-0.1, -0.05) is 57.5 Å². The number of carbonyl (C=O) groups excluding carboxylic acids is 1. The van der Waals surface area contributed by atoms with Gasteiger partial charge >= 0.3 is 0 Å². The van der Waals surface area contributed by atoms with Crippen molar-refractivity contribution in [3.63, 3.8) is 0 Å². The Morgan fingerprint density at radius 2 is 1.73 bits per heavy atom. The van der Waals surface area contributed by atoms with E-state index in [1.807, 2.05) is 56.3 Å². The molecule has 0 unspecified atom stereocenters. The normalized spacial score (nSPS) is 11.4. The maximum absolute atomic E-state index is 13.0. The summed E-state index contributed by atoms with van der Waals surface area (Å²) in [5.41, 5.74) is 4.52. The lowest BCUT2D eigenvalue weighted by Gasteiger charge is -2.25. The number of halogens is 1. The smallest absolute Gasteiger partial charge is 0.254 e. The number of benzene rings is 3. The van der Waals surface area contributed by atoms with Gasteiger partial charge in [0.2, 0.25) is 21.7 Å². The lowest BCUT2D eigenvalue weighted by atomic mass is 10.1. The van der Waals surface area contributed by atoms with E-state index in [1.54, 1.807) is 31.3 Å². The predicted molar refractivity (Wildman–Crippen MR) is 147 cm³/mol. The van der Waals surface area contributed by atoms with Crippen LogP contribution >= 0.6 is 15.9 Å². The lowest BCUT2D eigenvalue weighted by molar-refractivity contribution is 0.0769. The van der Waals surface area contributed by atoms with E-state index in [9.17, 15) is 13.2 Å². The first kappa shape index (κ1) is 26.6. The first-order chi connectivity index (χ1) is 17.5. The Balaban J connectivity index is 1.46. The molecule has 0 N–H and O–H groups in total. The maximum atomic E-state index is 13.0. The summed E-state index contributed by atoms with van der Waals surface area (Å²) in [7, 11) is -1.86. The molecule has 37 heavy (non-hydrogen) atoms. The summed E-state index contributed by atoms with van der Waals surface area (Å²) in [6.07, 6.45) is 1.20. The van der Waals surface area contributed by atoms with Crippen LogP contribution in [0.2, 0.25) is 0 Å². The van der Waals surface area contributed by atoms with E-state index >= 15 is 0 Å². The molecule has 3 aromatic carbocycles. The van der Waals surface area contributed by atoms with Gasteiger partial charge in [0, 0.05) is 22.6 Å². The van der Waals surface area contributed by atoms with Crippen LogP contribution in [0.15, 0.2) is 75.7 Å². The van der Waals surface area contributed by atoms with Crippen LogP contribution < -0.4 is 4.31 Å². The van der Waals surface area contributed by atoms with Gasteiger partial charge in [0.05, 0.1) is 25.0 Å². The Morgan fingerprint density at radius 1 is 1.00 bits per heavy atom. The van der Waals surface area contributed by atoms with Gasteiger partial charge in [0.25, 0.3) is 5.91 Å². The minimum Gasteiger partial charge on any atom is -0.337 e. The molecule has 0 aliphatic rings. The summed E-state index contributed by atoms with van der Waals surface area (Å²) >= 11 is 3.43. The average molecular weight is 584 g/mol. The molecule has 0 spiro atoms. The average Bonchev–Trinajstić information content (AvgIpc) is 3.32. The largest absolute Gasteiger partial charge is 0.337 e. The van der Waals surface area contributed by atoms with Crippen molar-refractivity contribution < 1.29 is 17.7 Å². The summed E-state index contributed by atoms with van der Waals surface area (Å²) in [5.74, 6) is 0.545. The molecular weight excluding hydrogens is 556 g/mol. The number of anilines is 1. The van der Waals surface area contributed by atoms with Crippen molar-refractivity contribution in [2.24, 2.45) is 0 Å². The van der Waals surface area contributed by atoms with Gasteiger partial charge in [-0.25, -0.2) is 8.42 Å². The van der Waals surface area contributed by atoms with Crippen LogP contribution in [-0.4, -0.2) is 42.7 Å². The van der Waals surface area contributed by atoms with Crippen LogP contribution in [0, 0.1) is 13.8 Å². The van der Waals surface area contributed by atoms with E-state index < -0.39 is 10.0 Å². The molecule has 1 amide bonds. The van der Waals surface area contributed by atoms with Gasteiger partial charge in [0.15, 0.2) is 0 Å². The Hall–Kier alpha value is -3.50. The second-order valence-corrected chi connectivity index (χ2v) is 11.8. The molecule has 10 heteroatoms. The van der Waals surface area contributed by atoms with Crippen LogP contribution in [0.3, 0.4) is 0 Å². The van der Waals surface area contributed by atoms with E-state index in [0.29, 0.717) is 23.0 Å². The van der Waals surface area contributed by atoms with Crippen LogP contribution in [0.4, 0.5) is 5.69 Å². The molecule has 192 valence electrons. The molecule has 1 heterocycles. The highest BCUT2D eigenvalue weighted by Gasteiger charge is 2.21. The molecule has 4 rings (SSSR count). The Labute approximate surface area is 225 Å². The Bertz CT molecular complexity index is 1530. The third-order valence-electron chi connectivity index (χ3n) is 5.83. The third-order valence-corrected chi connectivity index (χ3v) is 7.45. The molecule has 0 bridgehead atoms. The fourth-order valence-corrected chi connectivity index (χ4v) is 5.18. The van der Waals surface area contributed by atoms with Crippen molar-refractivity contribution in [3.8, 4) is 11.4 Å². The number of nitrogens with zero attached hydrogens (tertiary/aromatic N) is 4. The zero-order chi connectivity index (χ0) is 26.7. The van der Waals surface area contributed by atoms with Crippen LogP contribution in [-0.2, 0) is 23.1 Å². The molecule has 0 aliphatic heterocycles. The van der Waals surface area contributed by atoms with Crippen LogP contribution in [0.5, 0.6) is 0 Å². The van der Waals surface area contributed by atoms with Crippen molar-refractivity contribution in [2.75, 3.05) is 17.6 Å². The molecule has 0 fully saturated rings. The van der Waals surface area contributed by atoms with E-state index in [0.717, 1.165) is 26.7 Å². The van der Waals surface area contributed by atoms with Crippen molar-refractivity contribution in [3.05, 3.63) is 99.3 Å². The Morgan fingerprint density at radius 3 is 2.41 bits per heavy atom. The number of sulfonamides is 1. The summed E-state index contributed by atoms with van der Waals surface area (Å²) in [6.45, 7) is 4.12. The molecule has 8 nitrogen and oxygen atoms in total. The lowest BCUT2D eigenvalue weighted by Crippen LogP contribution is -2.30. The SMILES string of the molecule is Cc1ccc(C)c(N(Cc2ccc(C(=O)N(C)Cc3nc(-c4cccc(Br)c4)no3)cc2)S(C)(=O)=O)c1. The number of aromatic nitrogens is 2. The van der Waals surface area contributed by atoms with Gasteiger partial charge < -0.3 is 9.42 Å². The predicted octanol–water partition coefficient (Wildman–Crippen LogP) is 5.35. The van der Waals surface area contributed by atoms with Crippen molar-refractivity contribution in [1.82, 2.24) is 15.0 Å². The maximum Gasteiger partial charge on any atom is 0.254 e. The quantitative estimate of drug-likeness (QED) is 0.277. The van der Waals surface area contributed by atoms with E-state index in [1.165, 1.54) is 15.5 Å². The highest BCUT2D eigenvalue weighted by molar-refractivity contribution is 9.10. The Kier molecular flexibility index (Phi) is 7.79. The summed E-state index contributed by atoms with van der Waals surface area (Å²) < 4.78 is 32.8. The summed E-state index contributed by atoms with van der Waals surface area (Å²) in [5, 5.41) is 4.01. The highest BCUT2D eigenvalue weighted by atomic mass is 79.9. The van der Waals surface area contributed by atoms with Crippen molar-refractivity contribution in [2.45, 2.75) is 26.9 Å². The van der Waals surface area contributed by atoms with Gasteiger partial charge in [-0.2, -0.15) is 4.98 Å². The monoisotopic (exact) mass is 582 g/mol. The second kappa shape index (κ2) is 10.9. The third kappa shape index (κ3) is 6.44. The van der Waals surface area contributed by atoms with Gasteiger partial charge in [-0.3, -0.25) is 9.10 Å². The molecule has 0 saturated carbocycles. The van der Waals surface area contributed by atoms with Crippen LogP contribution in [0.1, 0.15) is 32.9 Å². The number of hydrogen-bond acceptors (Lipinski definition) is 6. The molecule has 0 aliphatic carbocycles. The first-order valence-corrected chi connectivity index (χ1v) is 14.1. The summed E-state index contributed by atoms with van der Waals surface area (Å²) in [4.78, 5) is 18.9. The first-order valence-electron chi connectivity index (χ1n) is 11.5. The minimum absolute atomic E-state index is 0.149. The number of rotatable bonds is 8. The molecule has 0 radical (unpaired) electrons. The second-order valence-electron chi connectivity index (χ2n) is 8.94. The molecule has 1 aromatic heterocycles. The number of hydrogen-bond donors (Lipinski definition) is 0. The highest BCUT2D eigenvalue weighted by Crippen LogP contribution is 2.26. The van der Waals surface area contributed by atoms with Gasteiger partial charge in [-0.15, -0.1) is 0 Å². The summed E-state index contributed by atoms with van der Waals surface area (Å²) in [6, 6.07) is 20.2. The van der Waals surface area contributed by atoms with Gasteiger partial charge in [0.1, 0.15) is 0 Å². The fraction of sp³-hybridized carbons (Fsp3) is 0.222. The standard InChI is InChI=1S/C27H27BrN4O4S/c1-18-8-9-19(2)24(14-18)32(37(4,34)35)16-20-10-12-21(13-11-20)27(33)31(3)17-25-29-26(30-36-25)22-6-5-7-23(28)15-22/h5-15H,16-17H2,1-4H3. The van der Waals surface area contributed by atoms with E-state index in [4.69, 9.17) is 4.52 Å². The molecule has 0 saturated heterocycles. The molecule has 4 aromatic rings. The number of carbonyl (C=O) groups is 1. The zero-order valence-corrected chi connectivity index (χ0v) is 23.4. The van der Waals surface area contributed by atoms with E-state index in [2.05, 4.69) is 26.1 Å². The van der Waals surface area contributed by atoms with Crippen molar-refractivity contribution >= 4 is 37.5 Å². The topological polar surface area (TPSA) is 96.6 Å². The van der Waals surface area contributed by atoms with E-state index in [-0.39, 0.29) is 19.0 Å². The molecule has 0 atom stereocenters. The zero-order valence-electron chi connectivity index (χ0n) is 21.0. The number of aryl methyl sites for hydroxylation is 2. The minimum atomic E-state index is -3.52. The fourth-order valence-electron chi connectivity index (χ4n) is 3.85. The molecular formula is C27H27BrN4O4S. The number of amides is 1.